The monoisotopic (exact) mass is 298 g/mol. The van der Waals surface area contributed by atoms with Crippen molar-refractivity contribution in [3.63, 3.8) is 0 Å². The second-order valence-corrected chi connectivity index (χ2v) is 10.2. The van der Waals surface area contributed by atoms with E-state index in [4.69, 9.17) is 0 Å². The molecule has 21 heavy (non-hydrogen) atoms. The first-order valence-electron chi connectivity index (χ1n) is 8.37. The van der Waals surface area contributed by atoms with E-state index in [0.717, 1.165) is 6.42 Å². The van der Waals surface area contributed by atoms with Crippen LogP contribution in [0.2, 0.25) is 13.1 Å². The van der Waals surface area contributed by atoms with Gasteiger partial charge in [-0.15, -0.1) is 0 Å². The Morgan fingerprint density at radius 2 is 1.71 bits per heavy atom. The first kappa shape index (κ1) is 16.3. The third-order valence-electron chi connectivity index (χ3n) is 4.61. The average Bonchev–Trinajstić information content (AvgIpc) is 2.90. The lowest BCUT2D eigenvalue weighted by Crippen LogP contribution is -2.29. The Morgan fingerprint density at radius 3 is 2.14 bits per heavy atom. The molecule has 0 aromatic heterocycles. The summed E-state index contributed by atoms with van der Waals surface area (Å²) in [5.41, 5.74) is 7.82. The van der Waals surface area contributed by atoms with Gasteiger partial charge in [-0.3, -0.25) is 0 Å². The summed E-state index contributed by atoms with van der Waals surface area (Å²) in [5, 5.41) is 1.66. The van der Waals surface area contributed by atoms with Crippen LogP contribution in [0.1, 0.15) is 68.2 Å². The van der Waals surface area contributed by atoms with Crippen molar-refractivity contribution in [1.29, 1.82) is 0 Å². The maximum Gasteiger partial charge on any atom is 0.0651 e. The maximum atomic E-state index is 2.54. The molecule has 0 bridgehead atoms. The summed E-state index contributed by atoms with van der Waals surface area (Å²) in [4.78, 5) is 0. The van der Waals surface area contributed by atoms with Crippen LogP contribution in [0.3, 0.4) is 0 Å². The van der Waals surface area contributed by atoms with Crippen molar-refractivity contribution in [1.82, 2.24) is 0 Å². The minimum atomic E-state index is -0.808. The van der Waals surface area contributed by atoms with Crippen LogP contribution in [-0.4, -0.2) is 8.80 Å². The Balaban J connectivity index is 2.79. The zero-order chi connectivity index (χ0) is 15.7. The predicted molar refractivity (Wildman–Crippen MR) is 99.6 cm³/mol. The fourth-order valence-electron chi connectivity index (χ4n) is 3.59. The molecule has 0 N–H and O–H groups in total. The number of hydrogen-bond donors (Lipinski definition) is 0. The topological polar surface area (TPSA) is 0 Å². The van der Waals surface area contributed by atoms with Gasteiger partial charge in [0.2, 0.25) is 0 Å². The van der Waals surface area contributed by atoms with Gasteiger partial charge in [-0.1, -0.05) is 70.3 Å². The lowest BCUT2D eigenvalue weighted by Gasteiger charge is -2.26. The summed E-state index contributed by atoms with van der Waals surface area (Å²) in [6, 6.07) is 2.54. The van der Waals surface area contributed by atoms with Crippen molar-refractivity contribution >= 4 is 19.6 Å². The molecule has 1 aliphatic carbocycles. The van der Waals surface area contributed by atoms with Crippen LogP contribution in [0.4, 0.5) is 0 Å². The fraction of sp³-hybridized carbons (Fsp3) is 0.500. The van der Waals surface area contributed by atoms with Crippen molar-refractivity contribution in [3.8, 4) is 0 Å². The van der Waals surface area contributed by atoms with Gasteiger partial charge in [0.1, 0.15) is 0 Å². The number of hydrogen-bond acceptors (Lipinski definition) is 0. The molecule has 0 radical (unpaired) electrons. The standard InChI is InChI=1S/C20H30Si/c1-13(2)17-12-18(21(6)7)15(5)20(19(17)14(3)4)16-10-8-9-11-16/h8-10,12-14,21H,11H2,1-7H3. The zero-order valence-electron chi connectivity index (χ0n) is 14.7. The van der Waals surface area contributed by atoms with Crippen molar-refractivity contribution in [2.45, 2.75) is 66.0 Å². The lowest BCUT2D eigenvalue weighted by molar-refractivity contribution is 0.786. The third kappa shape index (κ3) is 3.08. The van der Waals surface area contributed by atoms with E-state index in [2.05, 4.69) is 72.0 Å². The second-order valence-electron chi connectivity index (χ2n) is 7.26. The molecule has 0 saturated heterocycles. The maximum absolute atomic E-state index is 2.54. The molecule has 1 aromatic carbocycles. The molecule has 1 aromatic rings. The van der Waals surface area contributed by atoms with Gasteiger partial charge < -0.3 is 0 Å². The molecule has 0 unspecified atom stereocenters. The Hall–Kier alpha value is -1.08. The Labute approximate surface area is 132 Å². The van der Waals surface area contributed by atoms with E-state index in [9.17, 15) is 0 Å². The molecule has 0 amide bonds. The summed E-state index contributed by atoms with van der Waals surface area (Å²) < 4.78 is 0. The van der Waals surface area contributed by atoms with Crippen LogP contribution in [0.15, 0.2) is 24.3 Å². The van der Waals surface area contributed by atoms with Crippen LogP contribution < -0.4 is 5.19 Å². The SMILES string of the molecule is Cc1c([SiH](C)C)cc(C(C)C)c(C(C)C)c1C1=CC=CC1. The van der Waals surface area contributed by atoms with Gasteiger partial charge in [0.15, 0.2) is 0 Å². The Morgan fingerprint density at radius 1 is 1.05 bits per heavy atom. The lowest BCUT2D eigenvalue weighted by atomic mass is 9.82. The van der Waals surface area contributed by atoms with Crippen molar-refractivity contribution in [2.75, 3.05) is 0 Å². The summed E-state index contributed by atoms with van der Waals surface area (Å²) >= 11 is 0. The van der Waals surface area contributed by atoms with Gasteiger partial charge in [0.25, 0.3) is 0 Å². The highest BCUT2D eigenvalue weighted by atomic mass is 28.3. The average molecular weight is 299 g/mol. The minimum Gasteiger partial charge on any atom is -0.0801 e. The number of allylic oxidation sites excluding steroid dienone is 4. The molecule has 0 spiro atoms. The van der Waals surface area contributed by atoms with Crippen LogP contribution in [0.25, 0.3) is 5.57 Å². The van der Waals surface area contributed by atoms with Crippen molar-refractivity contribution in [3.05, 3.63) is 46.5 Å². The van der Waals surface area contributed by atoms with Crippen molar-refractivity contribution in [2.24, 2.45) is 0 Å². The largest absolute Gasteiger partial charge is 0.0801 e. The van der Waals surface area contributed by atoms with Crippen LogP contribution in [0, 0.1) is 6.92 Å². The molecule has 0 fully saturated rings. The van der Waals surface area contributed by atoms with E-state index in [1.54, 1.807) is 27.4 Å². The Bertz CT molecular complexity index is 586. The minimum absolute atomic E-state index is 0.584. The molecular weight excluding hydrogens is 268 g/mol. The first-order valence-corrected chi connectivity index (χ1v) is 11.3. The second kappa shape index (κ2) is 6.35. The summed E-state index contributed by atoms with van der Waals surface area (Å²) in [7, 11) is -0.808. The van der Waals surface area contributed by atoms with Gasteiger partial charge >= 0.3 is 0 Å². The summed E-state index contributed by atoms with van der Waals surface area (Å²) in [5.74, 6) is 1.18. The third-order valence-corrected chi connectivity index (χ3v) is 6.46. The number of rotatable bonds is 4. The van der Waals surface area contributed by atoms with E-state index >= 15 is 0 Å². The quantitative estimate of drug-likeness (QED) is 0.663. The summed E-state index contributed by atoms with van der Waals surface area (Å²) in [6.07, 6.45) is 7.92. The van der Waals surface area contributed by atoms with E-state index in [1.807, 2.05) is 0 Å². The highest BCUT2D eigenvalue weighted by molar-refractivity contribution is 6.71. The van der Waals surface area contributed by atoms with Gasteiger partial charge in [0.05, 0.1) is 8.80 Å². The molecule has 0 heterocycles. The molecule has 0 aliphatic heterocycles. The smallest absolute Gasteiger partial charge is 0.0651 e. The normalized spacial score (nSPS) is 14.7. The molecule has 0 nitrogen and oxygen atoms in total. The van der Waals surface area contributed by atoms with Gasteiger partial charge in [0, 0.05) is 0 Å². The molecule has 1 heteroatoms. The summed E-state index contributed by atoms with van der Waals surface area (Å²) in [6.45, 7) is 16.6. The van der Waals surface area contributed by atoms with E-state index in [0.29, 0.717) is 11.8 Å². The molecule has 1 aliphatic rings. The van der Waals surface area contributed by atoms with Crippen LogP contribution in [0.5, 0.6) is 0 Å². The van der Waals surface area contributed by atoms with Gasteiger partial charge in [-0.25, -0.2) is 0 Å². The van der Waals surface area contributed by atoms with E-state index in [1.165, 1.54) is 5.57 Å². The van der Waals surface area contributed by atoms with Crippen LogP contribution >= 0.6 is 0 Å². The van der Waals surface area contributed by atoms with E-state index in [-0.39, 0.29) is 0 Å². The molecular formula is C20H30Si. The van der Waals surface area contributed by atoms with Crippen LogP contribution in [-0.2, 0) is 0 Å². The van der Waals surface area contributed by atoms with E-state index < -0.39 is 8.80 Å². The highest BCUT2D eigenvalue weighted by Gasteiger charge is 2.22. The highest BCUT2D eigenvalue weighted by Crippen LogP contribution is 2.37. The first-order chi connectivity index (χ1) is 9.84. The number of benzene rings is 1. The molecule has 114 valence electrons. The Kier molecular flexibility index (Phi) is 4.93. The predicted octanol–water partition coefficient (Wildman–Crippen LogP) is 5.28. The molecule has 0 saturated carbocycles. The molecule has 2 rings (SSSR count). The van der Waals surface area contributed by atoms with Gasteiger partial charge in [-0.2, -0.15) is 0 Å². The molecule has 0 atom stereocenters. The fourth-order valence-corrected chi connectivity index (χ4v) is 5.11. The van der Waals surface area contributed by atoms with Crippen molar-refractivity contribution < 1.29 is 0 Å². The zero-order valence-corrected chi connectivity index (χ0v) is 15.9. The van der Waals surface area contributed by atoms with Gasteiger partial charge in [-0.05, 0) is 53.0 Å².